The second kappa shape index (κ2) is 4.17. The van der Waals surface area contributed by atoms with Crippen molar-refractivity contribution in [2.45, 2.75) is 25.4 Å². The van der Waals surface area contributed by atoms with E-state index in [1.165, 1.54) is 6.42 Å². The van der Waals surface area contributed by atoms with E-state index in [2.05, 4.69) is 0 Å². The lowest BCUT2D eigenvalue weighted by Crippen LogP contribution is -2.58. The first kappa shape index (κ1) is 9.77. The Morgan fingerprint density at radius 1 is 1.14 bits per heavy atom. The van der Waals surface area contributed by atoms with Crippen molar-refractivity contribution in [3.63, 3.8) is 0 Å². The van der Waals surface area contributed by atoms with Gasteiger partial charge in [-0.15, -0.1) is 0 Å². The van der Waals surface area contributed by atoms with Crippen LogP contribution in [0.1, 0.15) is 19.3 Å². The second-order valence-electron chi connectivity index (χ2n) is 4.09. The maximum atomic E-state index is 11.8. The zero-order valence-corrected chi connectivity index (χ0v) is 8.74. The van der Waals surface area contributed by atoms with Gasteiger partial charge in [-0.05, 0) is 19.3 Å². The quantitative estimate of drug-likeness (QED) is 0.627. The summed E-state index contributed by atoms with van der Waals surface area (Å²) in [6.45, 7) is 3.41. The molecule has 4 heteroatoms. The van der Waals surface area contributed by atoms with Gasteiger partial charge in [0.25, 0.3) is 0 Å². The number of amides is 2. The Hall–Kier alpha value is -0.770. The first-order chi connectivity index (χ1) is 6.81. The molecule has 0 aromatic heterocycles. The smallest absolute Gasteiger partial charge is 0.320 e. The highest BCUT2D eigenvalue weighted by atomic mass is 16.5. The Morgan fingerprint density at radius 3 is 2.36 bits per heavy atom. The van der Waals surface area contributed by atoms with Gasteiger partial charge in [-0.2, -0.15) is 0 Å². The predicted octanol–water partition coefficient (Wildman–Crippen LogP) is 0.923. The number of hydrogen-bond acceptors (Lipinski definition) is 2. The minimum atomic E-state index is 0.206. The SMILES string of the molecule is COC1CN(C(=O)N2CCCCC2)C1. The Balaban J connectivity index is 1.78. The number of urea groups is 1. The molecule has 0 aliphatic carbocycles. The van der Waals surface area contributed by atoms with Crippen molar-refractivity contribution in [3.05, 3.63) is 0 Å². The van der Waals surface area contributed by atoms with Crippen LogP contribution in [0.2, 0.25) is 0 Å². The summed E-state index contributed by atoms with van der Waals surface area (Å²) in [5.41, 5.74) is 0. The van der Waals surface area contributed by atoms with Crippen molar-refractivity contribution >= 4 is 6.03 Å². The number of likely N-dealkylation sites (tertiary alicyclic amines) is 2. The minimum Gasteiger partial charge on any atom is -0.378 e. The molecule has 0 bridgehead atoms. The Morgan fingerprint density at radius 2 is 1.79 bits per heavy atom. The zero-order chi connectivity index (χ0) is 9.97. The van der Waals surface area contributed by atoms with E-state index in [1.807, 2.05) is 9.80 Å². The van der Waals surface area contributed by atoms with Crippen molar-refractivity contribution < 1.29 is 9.53 Å². The van der Waals surface area contributed by atoms with Gasteiger partial charge in [0.2, 0.25) is 0 Å². The van der Waals surface area contributed by atoms with Crippen molar-refractivity contribution in [2.24, 2.45) is 0 Å². The molecule has 2 aliphatic heterocycles. The van der Waals surface area contributed by atoms with Crippen LogP contribution in [0.25, 0.3) is 0 Å². The molecule has 0 N–H and O–H groups in total. The van der Waals surface area contributed by atoms with Crippen LogP contribution in [0.3, 0.4) is 0 Å². The first-order valence-corrected chi connectivity index (χ1v) is 5.38. The van der Waals surface area contributed by atoms with Crippen LogP contribution >= 0.6 is 0 Å². The summed E-state index contributed by atoms with van der Waals surface area (Å²) in [6.07, 6.45) is 3.86. The fourth-order valence-electron chi connectivity index (χ4n) is 2.03. The van der Waals surface area contributed by atoms with Gasteiger partial charge in [0.05, 0.1) is 19.2 Å². The highest BCUT2D eigenvalue weighted by Gasteiger charge is 2.33. The van der Waals surface area contributed by atoms with Gasteiger partial charge in [-0.25, -0.2) is 4.79 Å². The second-order valence-corrected chi connectivity index (χ2v) is 4.09. The molecule has 2 aliphatic rings. The predicted molar refractivity (Wildman–Crippen MR) is 53.2 cm³/mol. The first-order valence-electron chi connectivity index (χ1n) is 5.38. The molecule has 0 saturated carbocycles. The van der Waals surface area contributed by atoms with Gasteiger partial charge >= 0.3 is 6.03 Å². The number of hydrogen-bond donors (Lipinski definition) is 0. The lowest BCUT2D eigenvalue weighted by molar-refractivity contribution is -0.0165. The molecule has 2 saturated heterocycles. The molecule has 14 heavy (non-hydrogen) atoms. The fourth-order valence-corrected chi connectivity index (χ4v) is 2.03. The maximum absolute atomic E-state index is 11.8. The maximum Gasteiger partial charge on any atom is 0.320 e. The third-order valence-electron chi connectivity index (χ3n) is 3.08. The highest BCUT2D eigenvalue weighted by Crippen LogP contribution is 2.16. The van der Waals surface area contributed by atoms with E-state index in [-0.39, 0.29) is 12.1 Å². The van der Waals surface area contributed by atoms with Crippen LogP contribution in [0.4, 0.5) is 4.79 Å². The Bertz CT molecular complexity index is 208. The summed E-state index contributed by atoms with van der Waals surface area (Å²) in [5, 5.41) is 0. The summed E-state index contributed by atoms with van der Waals surface area (Å²) in [6, 6.07) is 0.206. The van der Waals surface area contributed by atoms with Crippen LogP contribution in [-0.2, 0) is 4.74 Å². The van der Waals surface area contributed by atoms with E-state index in [9.17, 15) is 4.79 Å². The lowest BCUT2D eigenvalue weighted by atomic mass is 10.1. The molecule has 2 fully saturated rings. The number of carbonyl (C=O) groups is 1. The normalized spacial score (nSPS) is 23.5. The molecule has 0 spiro atoms. The largest absolute Gasteiger partial charge is 0.378 e. The number of carbonyl (C=O) groups excluding carboxylic acids is 1. The molecule has 0 atom stereocenters. The van der Waals surface area contributed by atoms with E-state index in [0.29, 0.717) is 0 Å². The fraction of sp³-hybridized carbons (Fsp3) is 0.900. The van der Waals surface area contributed by atoms with Crippen LogP contribution in [-0.4, -0.2) is 55.2 Å². The average Bonchev–Trinajstić information content (AvgIpc) is 2.17. The summed E-state index contributed by atoms with van der Waals surface area (Å²) in [5.74, 6) is 0. The summed E-state index contributed by atoms with van der Waals surface area (Å²) >= 11 is 0. The monoisotopic (exact) mass is 198 g/mol. The van der Waals surface area contributed by atoms with E-state index >= 15 is 0 Å². The number of rotatable bonds is 1. The molecule has 80 valence electrons. The van der Waals surface area contributed by atoms with E-state index in [4.69, 9.17) is 4.74 Å². The summed E-state index contributed by atoms with van der Waals surface area (Å²) in [7, 11) is 1.70. The van der Waals surface area contributed by atoms with E-state index < -0.39 is 0 Å². The molecule has 4 nitrogen and oxygen atoms in total. The lowest BCUT2D eigenvalue weighted by Gasteiger charge is -2.41. The molecule has 2 rings (SSSR count). The molecular formula is C10H18N2O2. The van der Waals surface area contributed by atoms with Crippen LogP contribution in [0.5, 0.6) is 0 Å². The van der Waals surface area contributed by atoms with Gasteiger partial charge in [0, 0.05) is 20.2 Å². The molecular weight excluding hydrogens is 180 g/mol. The molecule has 0 aromatic rings. The molecule has 0 radical (unpaired) electrons. The van der Waals surface area contributed by atoms with Gasteiger partial charge in [0.1, 0.15) is 0 Å². The van der Waals surface area contributed by atoms with Gasteiger partial charge in [0.15, 0.2) is 0 Å². The number of methoxy groups -OCH3 is 1. The van der Waals surface area contributed by atoms with Crippen LogP contribution in [0.15, 0.2) is 0 Å². The third kappa shape index (κ3) is 1.85. The van der Waals surface area contributed by atoms with E-state index in [1.54, 1.807) is 7.11 Å². The van der Waals surface area contributed by atoms with Gasteiger partial charge in [-0.1, -0.05) is 0 Å². The van der Waals surface area contributed by atoms with Crippen molar-refractivity contribution in [3.8, 4) is 0 Å². The topological polar surface area (TPSA) is 32.8 Å². The molecule has 2 amide bonds. The highest BCUT2D eigenvalue weighted by molar-refractivity contribution is 5.75. The van der Waals surface area contributed by atoms with Crippen LogP contribution in [0, 0.1) is 0 Å². The Labute approximate surface area is 84.8 Å². The number of ether oxygens (including phenoxy) is 1. The van der Waals surface area contributed by atoms with Crippen molar-refractivity contribution in [1.82, 2.24) is 9.80 Å². The number of nitrogens with zero attached hydrogens (tertiary/aromatic N) is 2. The average molecular weight is 198 g/mol. The van der Waals surface area contributed by atoms with Crippen molar-refractivity contribution in [1.29, 1.82) is 0 Å². The number of piperidine rings is 1. The standard InChI is InChI=1S/C10H18N2O2/c1-14-9-7-12(8-9)10(13)11-5-3-2-4-6-11/h9H,2-8H2,1H3. The van der Waals surface area contributed by atoms with Crippen molar-refractivity contribution in [2.75, 3.05) is 33.3 Å². The minimum absolute atomic E-state index is 0.206. The zero-order valence-electron chi connectivity index (χ0n) is 8.74. The summed E-state index contributed by atoms with van der Waals surface area (Å²) in [4.78, 5) is 15.7. The van der Waals surface area contributed by atoms with Gasteiger partial charge in [-0.3, -0.25) is 0 Å². The molecule has 2 heterocycles. The van der Waals surface area contributed by atoms with E-state index in [0.717, 1.165) is 39.0 Å². The molecule has 0 aromatic carbocycles. The van der Waals surface area contributed by atoms with Crippen LogP contribution < -0.4 is 0 Å². The summed E-state index contributed by atoms with van der Waals surface area (Å²) < 4.78 is 5.14. The molecule has 0 unspecified atom stereocenters. The van der Waals surface area contributed by atoms with Gasteiger partial charge < -0.3 is 14.5 Å². The third-order valence-corrected chi connectivity index (χ3v) is 3.08. The Kier molecular flexibility index (Phi) is 2.91.